The van der Waals surface area contributed by atoms with Crippen molar-refractivity contribution in [3.8, 4) is 5.75 Å². The fourth-order valence-electron chi connectivity index (χ4n) is 1.53. The Balaban J connectivity index is 2.23. The Morgan fingerprint density at radius 2 is 1.61 bits per heavy atom. The highest BCUT2D eigenvalue weighted by molar-refractivity contribution is 7.71. The Labute approximate surface area is 106 Å². The van der Waals surface area contributed by atoms with Gasteiger partial charge in [-0.1, -0.05) is 22.8 Å². The topological polar surface area (TPSA) is 43.4 Å². The minimum absolute atomic E-state index is 0.351. The van der Waals surface area contributed by atoms with Crippen LogP contribution < -0.4 is 10.0 Å². The summed E-state index contributed by atoms with van der Waals surface area (Å²) in [5, 5.41) is 0.514. The summed E-state index contributed by atoms with van der Waals surface area (Å²) >= 11 is 0. The molecule has 0 aliphatic heterocycles. The number of hydrogen-bond acceptors (Lipinski definition) is 3. The van der Waals surface area contributed by atoms with E-state index < -0.39 is 7.80 Å². The van der Waals surface area contributed by atoms with Crippen LogP contribution in [0.25, 0.3) is 0 Å². The van der Waals surface area contributed by atoms with E-state index in [1.807, 2.05) is 6.07 Å². The Morgan fingerprint density at radius 3 is 2.17 bits per heavy atom. The molecule has 0 bridgehead atoms. The van der Waals surface area contributed by atoms with Crippen LogP contribution >= 0.6 is 7.80 Å². The molecule has 3 nitrogen and oxygen atoms in total. The summed E-state index contributed by atoms with van der Waals surface area (Å²) < 4.78 is 17.1. The fourth-order valence-corrected chi connectivity index (χ4v) is 2.57. The highest BCUT2D eigenvalue weighted by Crippen LogP contribution is 2.26. The van der Waals surface area contributed by atoms with Crippen molar-refractivity contribution in [3.05, 3.63) is 60.2 Å². The second-order valence-electron chi connectivity index (χ2n) is 3.66. The number of rotatable bonds is 4. The molecule has 0 N–H and O–H groups in total. The van der Waals surface area contributed by atoms with Crippen LogP contribution in [-0.2, 0) is 4.57 Å². The number of hydrogen-bond donors (Lipinski definition) is 0. The minimum atomic E-state index is -2.08. The second kappa shape index (κ2) is 5.56. The molecule has 18 heavy (non-hydrogen) atoms. The van der Waals surface area contributed by atoms with Gasteiger partial charge in [0.05, 0.1) is 12.7 Å². The third-order valence-corrected chi connectivity index (χ3v) is 3.91. The maximum Gasteiger partial charge on any atom is 0.458 e. The average molecular weight is 259 g/mol. The van der Waals surface area contributed by atoms with Gasteiger partial charge in [-0.05, 0) is 36.4 Å². The molecule has 2 aromatic rings. The van der Waals surface area contributed by atoms with Crippen molar-refractivity contribution in [2.24, 2.45) is 0 Å². The quantitative estimate of drug-likeness (QED) is 0.793. The third kappa shape index (κ3) is 2.63. The highest BCUT2D eigenvalue weighted by atomic mass is 31.1. The van der Waals surface area contributed by atoms with Crippen LogP contribution in [0.4, 0.5) is 0 Å². The number of carbonyl (C=O) groups excluding carboxylic acids is 1. The van der Waals surface area contributed by atoms with E-state index in [1.54, 1.807) is 55.6 Å². The summed E-state index contributed by atoms with van der Waals surface area (Å²) in [5.41, 5.74) is 0.116. The monoisotopic (exact) mass is 259 g/mol. The van der Waals surface area contributed by atoms with E-state index in [0.29, 0.717) is 16.6 Å². The van der Waals surface area contributed by atoms with E-state index in [0.717, 1.165) is 0 Å². The second-order valence-corrected chi connectivity index (χ2v) is 5.17. The summed E-state index contributed by atoms with van der Waals surface area (Å²) in [6.45, 7) is 0. The maximum absolute atomic E-state index is 12.1. The largest absolute Gasteiger partial charge is 0.497 e. The zero-order valence-electron chi connectivity index (χ0n) is 9.87. The van der Waals surface area contributed by atoms with Gasteiger partial charge in [-0.25, -0.2) is 4.79 Å². The summed E-state index contributed by atoms with van der Waals surface area (Å²) in [4.78, 5) is 12.0. The predicted octanol–water partition coefficient (Wildman–Crippen LogP) is 2.99. The molecule has 2 rings (SSSR count). The van der Waals surface area contributed by atoms with Crippen LogP contribution in [0, 0.1) is 0 Å². The van der Waals surface area contributed by atoms with Gasteiger partial charge in [-0.2, -0.15) is 0 Å². The van der Waals surface area contributed by atoms with Gasteiger partial charge in [0.2, 0.25) is 0 Å². The van der Waals surface area contributed by atoms with E-state index in [9.17, 15) is 9.36 Å². The van der Waals surface area contributed by atoms with Crippen LogP contribution in [0.1, 0.15) is 10.4 Å². The van der Waals surface area contributed by atoms with Crippen molar-refractivity contribution >= 4 is 18.6 Å². The van der Waals surface area contributed by atoms with Crippen LogP contribution in [0.2, 0.25) is 0 Å². The molecule has 0 aliphatic carbocycles. The number of carbonyl (C=O) groups is 1. The van der Waals surface area contributed by atoms with Crippen molar-refractivity contribution in [1.82, 2.24) is 0 Å². The molecule has 4 heteroatoms. The summed E-state index contributed by atoms with van der Waals surface area (Å²) in [6, 6.07) is 15.3. The van der Waals surface area contributed by atoms with E-state index in [4.69, 9.17) is 4.74 Å². The lowest BCUT2D eigenvalue weighted by atomic mass is 10.2. The molecule has 0 heterocycles. The van der Waals surface area contributed by atoms with E-state index in [2.05, 4.69) is 0 Å². The van der Waals surface area contributed by atoms with Crippen molar-refractivity contribution < 1.29 is 14.1 Å². The summed E-state index contributed by atoms with van der Waals surface area (Å²) in [7, 11) is -0.515. The minimum Gasteiger partial charge on any atom is -0.497 e. The Bertz CT molecular complexity index is 561. The molecule has 0 radical (unpaired) electrons. The van der Waals surface area contributed by atoms with Crippen molar-refractivity contribution in [2.75, 3.05) is 7.11 Å². The first-order valence-corrected chi connectivity index (χ1v) is 6.69. The summed E-state index contributed by atoms with van der Waals surface area (Å²) in [6.07, 6.45) is 0. The Morgan fingerprint density at radius 1 is 1.00 bits per heavy atom. The molecule has 1 atom stereocenters. The van der Waals surface area contributed by atoms with Crippen LogP contribution in [0.3, 0.4) is 0 Å². The average Bonchev–Trinajstić information content (AvgIpc) is 2.47. The molecule has 90 valence electrons. The number of ether oxygens (including phenoxy) is 1. The van der Waals surface area contributed by atoms with Crippen LogP contribution in [0.15, 0.2) is 54.6 Å². The Kier molecular flexibility index (Phi) is 3.85. The predicted molar refractivity (Wildman–Crippen MR) is 71.0 cm³/mol. The molecular formula is C14H12O3P+. The molecular weight excluding hydrogens is 247 g/mol. The van der Waals surface area contributed by atoms with Gasteiger partial charge in [0.25, 0.3) is 0 Å². The van der Waals surface area contributed by atoms with Gasteiger partial charge in [0.15, 0.2) is 5.30 Å². The molecule has 0 saturated carbocycles. The summed E-state index contributed by atoms with van der Waals surface area (Å²) in [5.74, 6) is 0.675. The molecule has 0 spiro atoms. The molecule has 1 unspecified atom stereocenters. The lowest BCUT2D eigenvalue weighted by Gasteiger charge is -1.96. The Hall–Kier alpha value is -1.99. The van der Waals surface area contributed by atoms with E-state index in [1.165, 1.54) is 0 Å². The first-order chi connectivity index (χ1) is 8.72. The fraction of sp³-hybridized carbons (Fsp3) is 0.0714. The lowest BCUT2D eigenvalue weighted by Crippen LogP contribution is -2.03. The maximum atomic E-state index is 12.1. The molecule has 0 amide bonds. The van der Waals surface area contributed by atoms with Crippen LogP contribution in [-0.4, -0.2) is 12.6 Å². The van der Waals surface area contributed by atoms with Gasteiger partial charge in [-0.3, -0.25) is 0 Å². The van der Waals surface area contributed by atoms with Gasteiger partial charge < -0.3 is 4.74 Å². The normalized spacial score (nSPS) is 10.8. The van der Waals surface area contributed by atoms with Crippen molar-refractivity contribution in [1.29, 1.82) is 0 Å². The van der Waals surface area contributed by atoms with E-state index in [-0.39, 0.29) is 5.52 Å². The standard InChI is InChI=1S/C14H12O3P/c1-17-12-7-9-13(10-8-12)18(16)14(15)11-5-3-2-4-6-11/h2-10H,1H3/q+1. The third-order valence-electron chi connectivity index (χ3n) is 2.51. The highest BCUT2D eigenvalue weighted by Gasteiger charge is 2.32. The molecule has 2 aromatic carbocycles. The lowest BCUT2D eigenvalue weighted by molar-refractivity contribution is 0.108. The van der Waals surface area contributed by atoms with Gasteiger partial charge in [0.1, 0.15) is 5.75 Å². The first-order valence-electron chi connectivity index (χ1n) is 5.43. The molecule has 0 saturated heterocycles. The SMILES string of the molecule is COc1ccc([P+](=O)C(=O)c2ccccc2)cc1. The zero-order chi connectivity index (χ0) is 13.0. The van der Waals surface area contributed by atoms with E-state index >= 15 is 0 Å². The number of methoxy groups -OCH3 is 1. The van der Waals surface area contributed by atoms with Crippen LogP contribution in [0.5, 0.6) is 5.75 Å². The van der Waals surface area contributed by atoms with Crippen molar-refractivity contribution in [3.63, 3.8) is 0 Å². The molecule has 0 aromatic heterocycles. The molecule has 0 fully saturated rings. The van der Waals surface area contributed by atoms with Gasteiger partial charge >= 0.3 is 13.3 Å². The molecule has 0 aliphatic rings. The number of benzene rings is 2. The van der Waals surface area contributed by atoms with Gasteiger partial charge in [-0.15, -0.1) is 0 Å². The first kappa shape index (κ1) is 12.5. The zero-order valence-corrected chi connectivity index (χ0v) is 10.8. The smallest absolute Gasteiger partial charge is 0.458 e. The van der Waals surface area contributed by atoms with Crippen molar-refractivity contribution in [2.45, 2.75) is 0 Å². The van der Waals surface area contributed by atoms with Gasteiger partial charge in [0, 0.05) is 0 Å².